The van der Waals surface area contributed by atoms with Crippen molar-refractivity contribution in [1.29, 1.82) is 0 Å². The molecule has 3 amide bonds. The van der Waals surface area contributed by atoms with Crippen LogP contribution in [0.15, 0.2) is 36.4 Å². The average molecular weight is 674 g/mol. The van der Waals surface area contributed by atoms with Crippen LogP contribution in [0.4, 0.5) is 23.2 Å². The number of benzene rings is 2. The van der Waals surface area contributed by atoms with Gasteiger partial charge in [0.25, 0.3) is 0 Å². The van der Waals surface area contributed by atoms with Crippen LogP contribution in [0.3, 0.4) is 0 Å². The molecule has 3 saturated heterocycles. The van der Waals surface area contributed by atoms with Gasteiger partial charge in [0.2, 0.25) is 17.7 Å². The SMILES string of the molecule is CN1CCN(C(=O)[C@@H]2C[C@H](N(C(=O)C(C)(C)C)c3ccc(F)cc3F)CN2C(=O)[C@H]2CN(C(C)(C)C)C[C@H]2c2ccc(F)cc2F)CC1. The van der Waals surface area contributed by atoms with E-state index in [0.29, 0.717) is 38.8 Å². The van der Waals surface area contributed by atoms with Gasteiger partial charge in [-0.2, -0.15) is 0 Å². The molecule has 0 bridgehead atoms. The highest BCUT2D eigenvalue weighted by atomic mass is 19.1. The predicted molar refractivity (Wildman–Crippen MR) is 175 cm³/mol. The van der Waals surface area contributed by atoms with Gasteiger partial charge in [-0.1, -0.05) is 26.8 Å². The van der Waals surface area contributed by atoms with Gasteiger partial charge in [0.1, 0.15) is 29.3 Å². The number of carbonyl (C=O) groups is 3. The van der Waals surface area contributed by atoms with E-state index in [0.717, 1.165) is 12.1 Å². The van der Waals surface area contributed by atoms with Crippen molar-refractivity contribution in [2.24, 2.45) is 11.3 Å². The van der Waals surface area contributed by atoms with E-state index in [1.54, 1.807) is 25.7 Å². The Balaban J connectivity index is 1.56. The van der Waals surface area contributed by atoms with Gasteiger partial charge in [-0.25, -0.2) is 17.6 Å². The van der Waals surface area contributed by atoms with E-state index in [-0.39, 0.29) is 48.1 Å². The molecule has 3 heterocycles. The standard InChI is InChI=1S/C36H47F4N5O3/c1-35(2,3)34(48)45(30-11-9-23(38)17-29(30)40)24-18-31(33(47)42-14-12-41(7)13-15-42)44(19-24)32(46)27-21-43(36(4,5)6)20-26(27)25-10-8-22(37)16-28(25)39/h8-11,16-17,24,26-27,31H,12-15,18-21H2,1-7H3/t24-,26-,27-,31-/m0/s1. The molecule has 0 radical (unpaired) electrons. The first-order valence-corrected chi connectivity index (χ1v) is 16.6. The Morgan fingerprint density at radius 2 is 1.38 bits per heavy atom. The van der Waals surface area contributed by atoms with E-state index in [1.165, 1.54) is 28.0 Å². The van der Waals surface area contributed by atoms with Crippen molar-refractivity contribution in [2.75, 3.05) is 57.8 Å². The van der Waals surface area contributed by atoms with Gasteiger partial charge < -0.3 is 19.6 Å². The number of rotatable bonds is 5. The summed E-state index contributed by atoms with van der Waals surface area (Å²) in [6, 6.07) is 4.60. The predicted octanol–water partition coefficient (Wildman–Crippen LogP) is 4.88. The Hall–Kier alpha value is -3.51. The molecule has 8 nitrogen and oxygen atoms in total. The summed E-state index contributed by atoms with van der Waals surface area (Å²) < 4.78 is 58.6. The molecular formula is C36H47F4N5O3. The third-order valence-corrected chi connectivity index (χ3v) is 10.0. The van der Waals surface area contributed by atoms with E-state index < -0.39 is 58.5 Å². The van der Waals surface area contributed by atoms with E-state index in [4.69, 9.17) is 0 Å². The summed E-state index contributed by atoms with van der Waals surface area (Å²) >= 11 is 0. The molecule has 3 aliphatic heterocycles. The van der Waals surface area contributed by atoms with Gasteiger partial charge in [0.15, 0.2) is 0 Å². The first kappa shape index (κ1) is 35.8. The van der Waals surface area contributed by atoms with Crippen molar-refractivity contribution >= 4 is 23.4 Å². The summed E-state index contributed by atoms with van der Waals surface area (Å²) in [5.74, 6) is -5.68. The second-order valence-electron chi connectivity index (χ2n) is 15.5. The normalized spacial score (nSPS) is 24.3. The summed E-state index contributed by atoms with van der Waals surface area (Å²) in [5, 5.41) is 0. The molecule has 3 fully saturated rings. The highest BCUT2D eigenvalue weighted by Crippen LogP contribution is 2.41. The van der Waals surface area contributed by atoms with Crippen LogP contribution in [0.2, 0.25) is 0 Å². The number of anilines is 1. The molecule has 0 aromatic heterocycles. The lowest BCUT2D eigenvalue weighted by molar-refractivity contribution is -0.147. The highest BCUT2D eigenvalue weighted by Gasteiger charge is 2.51. The maximum Gasteiger partial charge on any atom is 0.245 e. The lowest BCUT2D eigenvalue weighted by Crippen LogP contribution is -2.54. The van der Waals surface area contributed by atoms with Crippen LogP contribution in [0.25, 0.3) is 0 Å². The maximum atomic E-state index is 15.4. The molecule has 0 aliphatic carbocycles. The zero-order chi connectivity index (χ0) is 35.3. The summed E-state index contributed by atoms with van der Waals surface area (Å²) in [6.45, 7) is 13.8. The van der Waals surface area contributed by atoms with Crippen molar-refractivity contribution in [3.63, 3.8) is 0 Å². The minimum Gasteiger partial charge on any atom is -0.338 e. The smallest absolute Gasteiger partial charge is 0.245 e. The summed E-state index contributed by atoms with van der Waals surface area (Å²) in [4.78, 5) is 51.7. The Morgan fingerprint density at radius 1 is 0.771 bits per heavy atom. The van der Waals surface area contributed by atoms with Crippen LogP contribution in [-0.4, -0.2) is 108 Å². The Labute approximate surface area is 280 Å². The maximum absolute atomic E-state index is 15.4. The molecule has 5 rings (SSSR count). The molecular weight excluding hydrogens is 626 g/mol. The second-order valence-corrected chi connectivity index (χ2v) is 15.5. The number of amides is 3. The molecule has 12 heteroatoms. The quantitative estimate of drug-likeness (QED) is 0.424. The third-order valence-electron chi connectivity index (χ3n) is 10.0. The number of hydrogen-bond donors (Lipinski definition) is 0. The molecule has 2 aromatic carbocycles. The third kappa shape index (κ3) is 7.24. The summed E-state index contributed by atoms with van der Waals surface area (Å²) in [5.41, 5.74) is -1.26. The fourth-order valence-corrected chi connectivity index (χ4v) is 7.16. The van der Waals surface area contributed by atoms with Crippen molar-refractivity contribution in [3.05, 3.63) is 65.2 Å². The summed E-state index contributed by atoms with van der Waals surface area (Å²) in [7, 11) is 1.96. The first-order valence-electron chi connectivity index (χ1n) is 16.6. The van der Waals surface area contributed by atoms with Gasteiger partial charge in [-0.05, 0) is 58.0 Å². The number of likely N-dealkylation sites (tertiary alicyclic amines) is 2. The number of carbonyl (C=O) groups excluding carboxylic acids is 3. The van der Waals surface area contributed by atoms with Gasteiger partial charge in [0, 0.05) is 74.8 Å². The molecule has 262 valence electrons. The van der Waals surface area contributed by atoms with Gasteiger partial charge in [0.05, 0.1) is 17.6 Å². The van der Waals surface area contributed by atoms with E-state index >= 15 is 8.78 Å². The second kappa shape index (κ2) is 13.4. The van der Waals surface area contributed by atoms with Crippen LogP contribution in [0.1, 0.15) is 59.4 Å². The Morgan fingerprint density at radius 3 is 1.94 bits per heavy atom. The lowest BCUT2D eigenvalue weighted by Gasteiger charge is -2.36. The van der Waals surface area contributed by atoms with Crippen LogP contribution in [0, 0.1) is 34.6 Å². The number of nitrogens with zero attached hydrogens (tertiary/aromatic N) is 5. The van der Waals surface area contributed by atoms with Crippen molar-refractivity contribution < 1.29 is 31.9 Å². The van der Waals surface area contributed by atoms with Crippen LogP contribution in [-0.2, 0) is 14.4 Å². The van der Waals surface area contributed by atoms with Gasteiger partial charge >= 0.3 is 0 Å². The topological polar surface area (TPSA) is 67.4 Å². The van der Waals surface area contributed by atoms with Crippen LogP contribution < -0.4 is 4.90 Å². The largest absolute Gasteiger partial charge is 0.338 e. The molecule has 2 aromatic rings. The molecule has 0 saturated carbocycles. The van der Waals surface area contributed by atoms with E-state index in [9.17, 15) is 23.2 Å². The van der Waals surface area contributed by atoms with Gasteiger partial charge in [-0.3, -0.25) is 19.3 Å². The zero-order valence-corrected chi connectivity index (χ0v) is 28.9. The molecule has 4 atom stereocenters. The molecule has 0 N–H and O–H groups in total. The average Bonchev–Trinajstić information content (AvgIpc) is 3.63. The summed E-state index contributed by atoms with van der Waals surface area (Å²) in [6.07, 6.45) is 0.0425. The van der Waals surface area contributed by atoms with Crippen LogP contribution in [0.5, 0.6) is 0 Å². The van der Waals surface area contributed by atoms with E-state index in [2.05, 4.69) is 9.80 Å². The van der Waals surface area contributed by atoms with E-state index in [1.807, 2.05) is 27.8 Å². The van der Waals surface area contributed by atoms with Crippen LogP contribution >= 0.6 is 0 Å². The fourth-order valence-electron chi connectivity index (χ4n) is 7.16. The number of piperazine rings is 1. The van der Waals surface area contributed by atoms with Crippen molar-refractivity contribution in [1.82, 2.24) is 19.6 Å². The van der Waals surface area contributed by atoms with Crippen molar-refractivity contribution in [3.8, 4) is 0 Å². The minimum atomic E-state index is -0.973. The Bertz CT molecular complexity index is 1550. The first-order chi connectivity index (χ1) is 22.4. The minimum absolute atomic E-state index is 0.0425. The number of likely N-dealkylation sites (N-methyl/N-ethyl adjacent to an activating group) is 1. The molecule has 0 unspecified atom stereocenters. The van der Waals surface area contributed by atoms with Crippen molar-refractivity contribution in [2.45, 2.75) is 71.5 Å². The molecule has 3 aliphatic rings. The highest BCUT2D eigenvalue weighted by molar-refractivity contribution is 5.98. The number of halogens is 4. The number of hydrogen-bond acceptors (Lipinski definition) is 5. The molecule has 0 spiro atoms. The Kier molecular flexibility index (Phi) is 10.0. The van der Waals surface area contributed by atoms with Gasteiger partial charge in [-0.15, -0.1) is 0 Å². The lowest BCUT2D eigenvalue weighted by atomic mass is 9.87. The zero-order valence-electron chi connectivity index (χ0n) is 28.9. The fraction of sp³-hybridized carbons (Fsp3) is 0.583. The monoisotopic (exact) mass is 673 g/mol. The molecule has 48 heavy (non-hydrogen) atoms.